The number of carbonyl (C=O) groups is 8. The zero-order chi connectivity index (χ0) is 58.8. The summed E-state index contributed by atoms with van der Waals surface area (Å²) < 4.78 is 0. The lowest BCUT2D eigenvalue weighted by atomic mass is 9.91. The van der Waals surface area contributed by atoms with Gasteiger partial charge < -0.3 is 69.5 Å². The Morgan fingerprint density at radius 2 is 1.02 bits per heavy atom. The number of primary amides is 1. The smallest absolute Gasteiger partial charge is 0.246 e. The van der Waals surface area contributed by atoms with Gasteiger partial charge in [0.05, 0.1) is 6.04 Å². The van der Waals surface area contributed by atoms with Crippen molar-refractivity contribution in [2.75, 3.05) is 18.1 Å². The van der Waals surface area contributed by atoms with E-state index in [0.29, 0.717) is 24.0 Å². The van der Waals surface area contributed by atoms with Gasteiger partial charge in [-0.25, -0.2) is 0 Å². The first kappa shape index (κ1) is 62.3. The fraction of sp³-hybridized carbons (Fsp3) is 0.379. The van der Waals surface area contributed by atoms with E-state index in [9.17, 15) is 38.7 Å². The van der Waals surface area contributed by atoms with E-state index in [-0.39, 0.29) is 55.9 Å². The fourth-order valence-corrected chi connectivity index (χ4v) is 9.82. The van der Waals surface area contributed by atoms with E-state index in [1.54, 1.807) is 38.4 Å². The average Bonchev–Trinajstić information content (AvgIpc) is 4.26. The molecule has 8 amide bonds. The molecule has 6 aromatic rings. The molecular formula is C58H74N12O9S2. The Labute approximate surface area is 481 Å². The number of aromatic hydroxyl groups is 1. The molecule has 16 N–H and O–H groups in total. The van der Waals surface area contributed by atoms with Crippen LogP contribution in [0.1, 0.15) is 62.3 Å². The summed E-state index contributed by atoms with van der Waals surface area (Å²) in [5.41, 5.74) is 20.4. The highest BCUT2D eigenvalue weighted by atomic mass is 32.1. The van der Waals surface area contributed by atoms with Crippen molar-refractivity contribution in [2.45, 2.75) is 114 Å². The number of nitrogens with two attached hydrogens (primary N) is 3. The normalized spacial score (nSPS) is 14.7. The van der Waals surface area contributed by atoms with Crippen molar-refractivity contribution in [3.8, 4) is 5.75 Å². The third kappa shape index (κ3) is 17.3. The molecule has 0 aliphatic carbocycles. The average molecular weight is 1150 g/mol. The molecule has 0 radical (unpaired) electrons. The number of hydrogen-bond donors (Lipinski definition) is 15. The highest BCUT2D eigenvalue weighted by molar-refractivity contribution is 7.80. The van der Waals surface area contributed by atoms with Crippen molar-refractivity contribution in [3.05, 3.63) is 138 Å². The zero-order valence-corrected chi connectivity index (χ0v) is 47.3. The first-order chi connectivity index (χ1) is 38.7. The van der Waals surface area contributed by atoms with E-state index in [0.717, 1.165) is 32.9 Å². The van der Waals surface area contributed by atoms with Crippen molar-refractivity contribution in [3.63, 3.8) is 0 Å². The molecule has 0 spiro atoms. The van der Waals surface area contributed by atoms with Crippen molar-refractivity contribution in [2.24, 2.45) is 23.1 Å². The number of H-pyrrole nitrogens is 2. The molecule has 0 bridgehead atoms. The van der Waals surface area contributed by atoms with Crippen LogP contribution in [0.5, 0.6) is 5.75 Å². The van der Waals surface area contributed by atoms with Crippen LogP contribution < -0.4 is 54.4 Å². The number of phenols is 1. The van der Waals surface area contributed by atoms with Gasteiger partial charge in [-0.1, -0.05) is 92.7 Å². The lowest BCUT2D eigenvalue weighted by molar-refractivity contribution is -0.138. The Kier molecular flexibility index (Phi) is 22.7. The van der Waals surface area contributed by atoms with Crippen LogP contribution in [0.25, 0.3) is 21.8 Å². The van der Waals surface area contributed by atoms with E-state index in [1.807, 2.05) is 78.9 Å². The van der Waals surface area contributed by atoms with Gasteiger partial charge in [0.25, 0.3) is 0 Å². The monoisotopic (exact) mass is 1150 g/mol. The molecule has 21 nitrogen and oxygen atoms in total. The Balaban J connectivity index is 1.23. The van der Waals surface area contributed by atoms with Gasteiger partial charge in [-0.05, 0) is 91.6 Å². The summed E-state index contributed by atoms with van der Waals surface area (Å²) in [6.45, 7) is 5.12. The quantitative estimate of drug-likeness (QED) is 0.0228. The number of aromatic amines is 2. The third-order valence-electron chi connectivity index (χ3n) is 14.0. The number of phenolic OH excluding ortho intramolecular Hbond substituents is 1. The van der Waals surface area contributed by atoms with Gasteiger partial charge in [0, 0.05) is 65.0 Å². The topological polar surface area (TPSA) is 351 Å². The van der Waals surface area contributed by atoms with Crippen LogP contribution in [0.4, 0.5) is 0 Å². The first-order valence-electron chi connectivity index (χ1n) is 26.8. The first-order valence-corrected chi connectivity index (χ1v) is 28.0. The molecule has 0 aliphatic rings. The van der Waals surface area contributed by atoms with Crippen LogP contribution in [0.3, 0.4) is 0 Å². The maximum atomic E-state index is 15.0. The molecule has 2 heterocycles. The van der Waals surface area contributed by atoms with E-state index in [4.69, 9.17) is 17.2 Å². The molecule has 0 unspecified atom stereocenters. The number of carbonyl (C=O) groups excluding carboxylic acids is 8. The highest BCUT2D eigenvalue weighted by Gasteiger charge is 2.41. The maximum absolute atomic E-state index is 15.0. The van der Waals surface area contributed by atoms with Crippen LogP contribution in [0.2, 0.25) is 0 Å². The SMILES string of the molecule is CC(C)[C@H](NC(=O)[C@](C)(CCCCN)NC(=O)[C@@H](Cc1c[nH]c2ccccc12)NC(=O)[C@H](Cc1ccc(O)cc1)NC(=O)[C@H](CS)NC(=O)[C@H](N)Cc1ccccc1)C(=O)N[C@@H](CS)C(=O)N[C@@H](Cc1c[nH]c2ccccc12)C(N)=O. The number of fused-ring (bicyclic) bond motifs is 2. The molecule has 81 heavy (non-hydrogen) atoms. The van der Waals surface area contributed by atoms with Crippen molar-refractivity contribution in [1.82, 2.24) is 47.2 Å². The molecule has 0 fully saturated rings. The molecule has 0 saturated carbocycles. The van der Waals surface area contributed by atoms with E-state index in [2.05, 4.69) is 72.4 Å². The Bertz CT molecular complexity index is 3140. The molecule has 0 saturated heterocycles. The standard InChI is InChI=1S/C58H74N12O9S2/c1-33(2)49(56(78)68-48(32-81)53(75)64-44(50(61)72)27-36-29-62-42-17-9-7-15-39(36)42)69-57(79)58(3,23-11-12-24-59)70-55(77)46(28-37-30-63-43-18-10-8-16-40(37)43)66-52(74)45(26-35-19-21-38(71)22-20-35)65-54(76)47(31-80)67-51(73)41(60)25-34-13-5-4-6-14-34/h4-10,13-22,29-30,33,41,44-49,62-63,71,80-81H,11-12,23-28,31-32,59-60H2,1-3H3,(H2,61,72)(H,64,75)(H,65,76)(H,66,74)(H,67,73)(H,68,78)(H,69,79)(H,70,77)/t41-,44+,45+,46-,47+,48+,49+,58+/m1/s1. The molecule has 0 aliphatic heterocycles. The second-order valence-electron chi connectivity index (χ2n) is 20.6. The summed E-state index contributed by atoms with van der Waals surface area (Å²) in [5, 5.41) is 30.9. The number of aromatic nitrogens is 2. The Morgan fingerprint density at radius 1 is 0.556 bits per heavy atom. The minimum Gasteiger partial charge on any atom is -0.508 e. The summed E-state index contributed by atoms with van der Waals surface area (Å²) in [6.07, 6.45) is 4.26. The fourth-order valence-electron chi connectivity index (χ4n) is 9.31. The number of para-hydroxylation sites is 2. The number of nitrogens with one attached hydrogen (secondary N) is 9. The van der Waals surface area contributed by atoms with Gasteiger partial charge in [0.1, 0.15) is 47.5 Å². The van der Waals surface area contributed by atoms with Crippen molar-refractivity contribution in [1.29, 1.82) is 0 Å². The predicted molar refractivity (Wildman–Crippen MR) is 317 cm³/mol. The van der Waals surface area contributed by atoms with E-state index in [1.165, 1.54) is 19.1 Å². The second kappa shape index (κ2) is 29.6. The van der Waals surface area contributed by atoms with Crippen LogP contribution >= 0.6 is 25.3 Å². The minimum atomic E-state index is -1.75. The molecule has 2 aromatic heterocycles. The van der Waals surface area contributed by atoms with Crippen molar-refractivity contribution < 1.29 is 43.5 Å². The predicted octanol–water partition coefficient (Wildman–Crippen LogP) is 1.87. The van der Waals surface area contributed by atoms with Crippen molar-refractivity contribution >= 4 is 94.3 Å². The van der Waals surface area contributed by atoms with E-state index < -0.39 is 101 Å². The summed E-state index contributed by atoms with van der Waals surface area (Å²) >= 11 is 8.67. The largest absolute Gasteiger partial charge is 0.508 e. The van der Waals surface area contributed by atoms with Gasteiger partial charge in [0.2, 0.25) is 47.3 Å². The lowest BCUT2D eigenvalue weighted by Gasteiger charge is -2.34. The molecule has 432 valence electrons. The van der Waals surface area contributed by atoms with Crippen LogP contribution in [0.15, 0.2) is 116 Å². The lowest BCUT2D eigenvalue weighted by Crippen LogP contribution is -2.65. The number of benzene rings is 4. The molecular weight excluding hydrogens is 1070 g/mol. The molecule has 6 rings (SSSR count). The second-order valence-corrected chi connectivity index (χ2v) is 21.4. The van der Waals surface area contributed by atoms with Crippen LogP contribution in [0, 0.1) is 5.92 Å². The Morgan fingerprint density at radius 3 is 1.56 bits per heavy atom. The maximum Gasteiger partial charge on any atom is 0.246 e. The highest BCUT2D eigenvalue weighted by Crippen LogP contribution is 2.23. The summed E-state index contributed by atoms with van der Waals surface area (Å²) in [6, 6.07) is 21.1. The number of unbranched alkanes of at least 4 members (excludes halogenated alkanes) is 1. The van der Waals surface area contributed by atoms with Gasteiger partial charge in [-0.3, -0.25) is 38.4 Å². The van der Waals surface area contributed by atoms with Crippen LogP contribution in [-0.4, -0.2) is 128 Å². The van der Waals surface area contributed by atoms with Gasteiger partial charge in [0.15, 0.2) is 0 Å². The zero-order valence-electron chi connectivity index (χ0n) is 45.5. The number of amides is 8. The number of rotatable bonds is 30. The Hall–Kier alpha value is -7.86. The van der Waals surface area contributed by atoms with Gasteiger partial charge in [-0.2, -0.15) is 25.3 Å². The van der Waals surface area contributed by atoms with Crippen LogP contribution in [-0.2, 0) is 64.0 Å². The number of hydrogen-bond acceptors (Lipinski definition) is 13. The summed E-state index contributed by atoms with van der Waals surface area (Å²) in [7, 11) is 0. The molecule has 4 aromatic carbocycles. The number of thiol groups is 2. The summed E-state index contributed by atoms with van der Waals surface area (Å²) in [4.78, 5) is 119. The summed E-state index contributed by atoms with van der Waals surface area (Å²) in [5.74, 6) is -7.04. The third-order valence-corrected chi connectivity index (χ3v) is 14.8. The van der Waals surface area contributed by atoms with Gasteiger partial charge >= 0.3 is 0 Å². The molecule has 8 atom stereocenters. The van der Waals surface area contributed by atoms with E-state index >= 15 is 4.79 Å². The molecule has 23 heteroatoms. The minimum absolute atomic E-state index is 0.0277. The van der Waals surface area contributed by atoms with Gasteiger partial charge in [-0.15, -0.1) is 0 Å².